The molecule has 0 fully saturated rings. The summed E-state index contributed by atoms with van der Waals surface area (Å²) in [4.78, 5) is 62.3. The number of non-ortho nitro benzene ring substituents is 1. The molecule has 0 aliphatic rings. The monoisotopic (exact) mass is 1700 g/mol. The van der Waals surface area contributed by atoms with Gasteiger partial charge in [0.1, 0.15) is 34.5 Å². The van der Waals surface area contributed by atoms with E-state index >= 15 is 0 Å². The molecule has 0 saturated carbocycles. The fourth-order valence-electron chi connectivity index (χ4n) is 14.1. The first-order chi connectivity index (χ1) is 57.0. The van der Waals surface area contributed by atoms with E-state index in [1.807, 2.05) is 197 Å². The minimum atomic E-state index is -0.454. The van der Waals surface area contributed by atoms with Gasteiger partial charge in [-0.15, -0.1) is 0 Å². The number of rotatable bonds is 25. The van der Waals surface area contributed by atoms with Crippen LogP contribution in [0.1, 0.15) is 95.4 Å². The van der Waals surface area contributed by atoms with Crippen LogP contribution < -0.4 is 39.1 Å². The van der Waals surface area contributed by atoms with Crippen molar-refractivity contribution < 1.29 is 57.2 Å². The van der Waals surface area contributed by atoms with Crippen molar-refractivity contribution in [2.45, 2.75) is 50.9 Å². The summed E-state index contributed by atoms with van der Waals surface area (Å²) in [6, 6.07) is 74.9. The van der Waals surface area contributed by atoms with Gasteiger partial charge < -0.3 is 73.4 Å². The van der Waals surface area contributed by atoms with Crippen molar-refractivity contribution in [3.8, 4) is 34.5 Å². The number of methoxy groups -OCH3 is 6. The lowest BCUT2D eigenvalue weighted by molar-refractivity contribution is -0.385. The van der Waals surface area contributed by atoms with Gasteiger partial charge in [-0.25, -0.2) is 4.79 Å². The van der Waals surface area contributed by atoms with Crippen molar-refractivity contribution in [3.05, 3.63) is 331 Å². The predicted octanol–water partition coefficient (Wildman–Crippen LogP) is 21.1. The number of aromatic nitrogens is 5. The number of halogens is 2. The summed E-state index contributed by atoms with van der Waals surface area (Å²) >= 11 is 6.62. The minimum absolute atomic E-state index is 0.00782. The largest absolute Gasteiger partial charge is 0.496 e. The maximum Gasteiger partial charge on any atom is 0.331 e. The number of carbonyl (C=O) groups is 3. The number of amides is 1. The van der Waals surface area contributed by atoms with Gasteiger partial charge in [-0.3, -0.25) is 19.7 Å². The van der Waals surface area contributed by atoms with Crippen LogP contribution in [0.3, 0.4) is 0 Å². The van der Waals surface area contributed by atoms with Crippen molar-refractivity contribution in [1.82, 2.24) is 35.6 Å². The molecule has 0 radical (unpaired) electrons. The van der Waals surface area contributed by atoms with E-state index < -0.39 is 4.92 Å². The second kappa shape index (κ2) is 43.6. The number of nitro benzene ring substituents is 1. The van der Waals surface area contributed by atoms with Crippen LogP contribution in [0.15, 0.2) is 277 Å². The molecule has 21 nitrogen and oxygen atoms in total. The SMILES string of the molecule is CCOC(=O)/C=C(\c1ccccc1)c1c(OC)ccc2[nH]ccc12.CCOC(=O)CC(c1ccccc1)c1c(OC)ccc2[nH]ccc12.CNC(=O)CC(c1ccccc1)c1c(OC)ccc2[nH]ccc12.CNCCC(c1ccccc1)c1c(OC)ccc2[nH]ccc12.COc1ccc([N+](=O)[O-])cc1Br.COc1ccc2[nH]ccc2c1Br. The number of aromatic amines is 5. The first-order valence-electron chi connectivity index (χ1n) is 38.0. The number of benzene rings is 10. The lowest BCUT2D eigenvalue weighted by Gasteiger charge is -2.21. The van der Waals surface area contributed by atoms with Gasteiger partial charge in [-0.2, -0.15) is 0 Å². The van der Waals surface area contributed by atoms with Gasteiger partial charge in [-0.1, -0.05) is 121 Å². The molecular formula is C94H96Br2N8O13. The van der Waals surface area contributed by atoms with E-state index in [4.69, 9.17) is 37.9 Å². The fourth-order valence-corrected chi connectivity index (χ4v) is 15.2. The fraction of sp³-hybridized carbons (Fsp3) is 0.202. The Morgan fingerprint density at radius 2 is 0.812 bits per heavy atom. The third-order valence-corrected chi connectivity index (χ3v) is 21.0. The number of nitrogens with zero attached hydrogens (tertiary/aromatic N) is 1. The minimum Gasteiger partial charge on any atom is -0.496 e. The number of nitro groups is 1. The average Bonchev–Trinajstić information content (AvgIpc) is 1.76. The lowest BCUT2D eigenvalue weighted by atomic mass is 9.85. The smallest absolute Gasteiger partial charge is 0.331 e. The molecule has 0 bridgehead atoms. The molecule has 117 heavy (non-hydrogen) atoms. The molecule has 604 valence electrons. The molecule has 0 aliphatic heterocycles. The molecule has 3 atom stereocenters. The third kappa shape index (κ3) is 22.0. The zero-order valence-electron chi connectivity index (χ0n) is 66.9. The Hall–Kier alpha value is -12.8. The highest BCUT2D eigenvalue weighted by Crippen LogP contribution is 2.44. The van der Waals surface area contributed by atoms with E-state index in [1.54, 1.807) is 55.6 Å². The molecule has 3 unspecified atom stereocenters. The molecule has 0 spiro atoms. The van der Waals surface area contributed by atoms with Crippen molar-refractivity contribution in [2.75, 3.05) is 76.5 Å². The van der Waals surface area contributed by atoms with Crippen LogP contribution in [0, 0.1) is 10.1 Å². The zero-order valence-corrected chi connectivity index (χ0v) is 70.1. The van der Waals surface area contributed by atoms with E-state index in [-0.39, 0.29) is 41.8 Å². The van der Waals surface area contributed by atoms with E-state index in [1.165, 1.54) is 41.8 Å². The summed E-state index contributed by atoms with van der Waals surface area (Å²) in [6.45, 7) is 5.29. The van der Waals surface area contributed by atoms with Crippen LogP contribution >= 0.6 is 31.9 Å². The average molecular weight is 1710 g/mol. The zero-order chi connectivity index (χ0) is 83.2. The van der Waals surface area contributed by atoms with Crippen molar-refractivity contribution in [3.63, 3.8) is 0 Å². The maximum atomic E-state index is 12.2. The van der Waals surface area contributed by atoms with Crippen LogP contribution in [-0.2, 0) is 23.9 Å². The second-order valence-corrected chi connectivity index (χ2v) is 28.0. The molecular weight excluding hydrogens is 1610 g/mol. The summed E-state index contributed by atoms with van der Waals surface area (Å²) < 4.78 is 44.4. The van der Waals surface area contributed by atoms with Gasteiger partial charge >= 0.3 is 11.9 Å². The summed E-state index contributed by atoms with van der Waals surface area (Å²) in [5.41, 5.74) is 14.7. The molecule has 0 saturated heterocycles. The first-order valence-corrected chi connectivity index (χ1v) is 39.6. The van der Waals surface area contributed by atoms with Gasteiger partial charge in [0.15, 0.2) is 0 Å². The topological polar surface area (TPSA) is 271 Å². The number of ether oxygens (including phenoxy) is 8. The number of hydrogen-bond acceptors (Lipinski definition) is 14. The summed E-state index contributed by atoms with van der Waals surface area (Å²) in [6.07, 6.45) is 12.8. The Morgan fingerprint density at radius 1 is 0.436 bits per heavy atom. The van der Waals surface area contributed by atoms with Crippen molar-refractivity contribution >= 4 is 115 Å². The molecule has 15 aromatic rings. The molecule has 1 amide bonds. The second-order valence-electron chi connectivity index (χ2n) is 26.4. The molecule has 15 rings (SSSR count). The highest BCUT2D eigenvalue weighted by Gasteiger charge is 2.28. The van der Waals surface area contributed by atoms with Crippen molar-refractivity contribution in [2.24, 2.45) is 0 Å². The van der Waals surface area contributed by atoms with Gasteiger partial charge in [0.05, 0.1) is 76.2 Å². The highest BCUT2D eigenvalue weighted by atomic mass is 79.9. The van der Waals surface area contributed by atoms with Crippen LogP contribution in [-0.4, -0.2) is 124 Å². The Morgan fingerprint density at radius 3 is 1.23 bits per heavy atom. The van der Waals surface area contributed by atoms with E-state index in [0.717, 1.165) is 129 Å². The standard InChI is InChI=1S/C20H21NO3.C20H19NO3.C19H20N2O2.C19H22N2O.C9H8BrNO.C7H6BrNO3/c2*1-3-24-19(22)13-16(14-7-5-4-6-8-14)20-15-11-12-21-17(15)9-10-18(20)23-2;1-20-18(22)12-15(13-6-4-3-5-7-13)19-14-10-11-21-16(14)8-9-17(19)23-2;1-20-12-10-15(14-6-4-3-5-7-14)19-16-11-13-21-17(16)8-9-18(19)22-2;1-12-8-3-2-7-6(9(8)10)4-5-11-7;1-12-7-3-2-5(9(10)11)4-6(7)8/h4-12,16,21H,3,13H2,1-2H3;4-13,21H,3H2,1-2H3;3-11,15,21H,12H2,1-2H3,(H,20,22);3-9,11,13,15,20-21H,10,12H2,1-2H3;2-5,11H,1H3;2-4H,1H3/b;16-13+;;;;. The molecule has 7 N–H and O–H groups in total. The molecule has 10 aromatic carbocycles. The van der Waals surface area contributed by atoms with Gasteiger partial charge in [-0.05, 0) is 185 Å². The number of nitrogens with one attached hydrogen (secondary N) is 7. The summed E-state index contributed by atoms with van der Waals surface area (Å²) in [7, 11) is 13.5. The molecule has 5 heterocycles. The third-order valence-electron chi connectivity index (χ3n) is 19.6. The van der Waals surface area contributed by atoms with E-state index in [2.05, 4.69) is 128 Å². The maximum absolute atomic E-state index is 12.2. The van der Waals surface area contributed by atoms with Crippen molar-refractivity contribution in [1.29, 1.82) is 0 Å². The van der Waals surface area contributed by atoms with Crippen LogP contribution in [0.4, 0.5) is 5.69 Å². The quantitative estimate of drug-likeness (QED) is 0.0121. The van der Waals surface area contributed by atoms with E-state index in [9.17, 15) is 24.5 Å². The molecule has 0 aliphatic carbocycles. The van der Waals surface area contributed by atoms with Gasteiger partial charge in [0.25, 0.3) is 5.69 Å². The van der Waals surface area contributed by atoms with Gasteiger partial charge in [0.2, 0.25) is 5.91 Å². The molecule has 23 heteroatoms. The lowest BCUT2D eigenvalue weighted by Crippen LogP contribution is -2.21. The summed E-state index contributed by atoms with van der Waals surface area (Å²) in [5, 5.41) is 21.8. The Balaban J connectivity index is 0.000000151. The number of esters is 2. The van der Waals surface area contributed by atoms with Crippen LogP contribution in [0.5, 0.6) is 34.5 Å². The number of fused-ring (bicyclic) bond motifs is 5. The normalized spacial score (nSPS) is 11.6. The number of hydrogen-bond donors (Lipinski definition) is 7. The highest BCUT2D eigenvalue weighted by molar-refractivity contribution is 9.11. The molecule has 5 aromatic heterocycles. The van der Waals surface area contributed by atoms with Crippen LogP contribution in [0.25, 0.3) is 60.1 Å². The Kier molecular flexibility index (Phi) is 32.3. The first kappa shape index (κ1) is 86.6. The predicted molar refractivity (Wildman–Crippen MR) is 473 cm³/mol. The Bertz CT molecular complexity index is 5750. The van der Waals surface area contributed by atoms with Gasteiger partial charge in [0, 0.05) is 163 Å². The van der Waals surface area contributed by atoms with E-state index in [0.29, 0.717) is 41.5 Å². The van der Waals surface area contributed by atoms with Crippen LogP contribution in [0.2, 0.25) is 0 Å². The number of carbonyl (C=O) groups excluding carboxylic acids is 3. The Labute approximate surface area is 696 Å². The summed E-state index contributed by atoms with van der Waals surface area (Å²) in [5.74, 6) is 4.24. The number of H-pyrrole nitrogens is 5.